The highest BCUT2D eigenvalue weighted by atomic mass is 32.2. The quantitative estimate of drug-likeness (QED) is 0.206. The third-order valence-corrected chi connectivity index (χ3v) is 8.68. The number of benzene rings is 3. The fourth-order valence-corrected chi connectivity index (χ4v) is 6.34. The first-order valence-corrected chi connectivity index (χ1v) is 13.3. The van der Waals surface area contributed by atoms with Crippen LogP contribution < -0.4 is 5.56 Å². The molecule has 37 heavy (non-hydrogen) atoms. The second-order valence-corrected chi connectivity index (χ2v) is 11.0. The Bertz CT molecular complexity index is 1670. The number of sulfonamides is 1. The average molecular weight is 543 g/mol. The van der Waals surface area contributed by atoms with Crippen LogP contribution in [0.25, 0.3) is 16.6 Å². The lowest BCUT2D eigenvalue weighted by molar-refractivity contribution is -0.388. The number of rotatable bonds is 6. The normalized spacial score (nSPS) is 14.6. The monoisotopic (exact) mass is 542 g/mol. The summed E-state index contributed by atoms with van der Waals surface area (Å²) < 4.78 is 47.3. The molecule has 0 saturated carbocycles. The van der Waals surface area contributed by atoms with E-state index in [0.717, 1.165) is 17.8 Å². The Hall–Kier alpha value is -3.65. The number of nitro benzene ring substituents is 1. The number of para-hydroxylation sites is 1. The van der Waals surface area contributed by atoms with Crippen molar-refractivity contribution in [3.63, 3.8) is 0 Å². The lowest BCUT2D eigenvalue weighted by atomic mass is 10.2. The van der Waals surface area contributed by atoms with Crippen LogP contribution in [0.1, 0.15) is 0 Å². The van der Waals surface area contributed by atoms with Gasteiger partial charge in [-0.3, -0.25) is 19.5 Å². The molecule has 10 nitrogen and oxygen atoms in total. The zero-order valence-electron chi connectivity index (χ0n) is 19.1. The van der Waals surface area contributed by atoms with Crippen molar-refractivity contribution in [1.29, 1.82) is 0 Å². The predicted molar refractivity (Wildman–Crippen MR) is 134 cm³/mol. The van der Waals surface area contributed by atoms with Gasteiger partial charge in [0, 0.05) is 19.2 Å². The van der Waals surface area contributed by atoms with E-state index in [-0.39, 0.29) is 41.3 Å². The number of morpholine rings is 1. The number of nitrogens with zero attached hydrogens (tertiary/aromatic N) is 4. The summed E-state index contributed by atoms with van der Waals surface area (Å²) in [6.07, 6.45) is 0. The molecule has 1 saturated heterocycles. The van der Waals surface area contributed by atoms with E-state index < -0.39 is 32.0 Å². The molecule has 0 aliphatic carbocycles. The lowest BCUT2D eigenvalue weighted by Gasteiger charge is -2.26. The topological polar surface area (TPSA) is 125 Å². The molecule has 0 radical (unpaired) electrons. The van der Waals surface area contributed by atoms with Gasteiger partial charge in [0.05, 0.1) is 44.5 Å². The maximum absolute atomic E-state index is 13.6. The van der Waals surface area contributed by atoms with Gasteiger partial charge in [-0.15, -0.1) is 0 Å². The Kier molecular flexibility index (Phi) is 6.77. The summed E-state index contributed by atoms with van der Waals surface area (Å²) in [5.74, 6) is -0.493. The summed E-state index contributed by atoms with van der Waals surface area (Å²) in [6.45, 7) is 0.781. The van der Waals surface area contributed by atoms with Crippen molar-refractivity contribution in [2.24, 2.45) is 0 Å². The van der Waals surface area contributed by atoms with E-state index in [1.165, 1.54) is 45.3 Å². The van der Waals surface area contributed by atoms with Crippen molar-refractivity contribution in [3.8, 4) is 5.69 Å². The highest BCUT2D eigenvalue weighted by Crippen LogP contribution is 2.37. The molecule has 0 unspecified atom stereocenters. The number of hydrogen-bond acceptors (Lipinski definition) is 8. The zero-order chi connectivity index (χ0) is 26.2. The van der Waals surface area contributed by atoms with Gasteiger partial charge in [-0.25, -0.2) is 17.8 Å². The summed E-state index contributed by atoms with van der Waals surface area (Å²) >= 11 is 0.840. The predicted octanol–water partition coefficient (Wildman–Crippen LogP) is 3.61. The Morgan fingerprint density at radius 1 is 1.03 bits per heavy atom. The van der Waals surface area contributed by atoms with Crippen LogP contribution in [0, 0.1) is 15.9 Å². The number of hydrogen-bond donors (Lipinski definition) is 0. The van der Waals surface area contributed by atoms with E-state index in [4.69, 9.17) is 4.74 Å². The maximum atomic E-state index is 13.6. The molecule has 1 aliphatic rings. The van der Waals surface area contributed by atoms with Crippen LogP contribution in [0.2, 0.25) is 0 Å². The van der Waals surface area contributed by atoms with Crippen molar-refractivity contribution in [3.05, 3.63) is 93.0 Å². The first-order chi connectivity index (χ1) is 17.8. The molecule has 4 aromatic rings. The number of ether oxygens (including phenoxy) is 1. The molecule has 0 amide bonds. The lowest BCUT2D eigenvalue weighted by Crippen LogP contribution is -2.40. The van der Waals surface area contributed by atoms with Crippen LogP contribution in [-0.4, -0.2) is 53.5 Å². The Labute approximate surface area is 214 Å². The number of fused-ring (bicyclic) bond motifs is 1. The third kappa shape index (κ3) is 4.85. The summed E-state index contributed by atoms with van der Waals surface area (Å²) in [6, 6.07) is 15.5. The van der Waals surface area contributed by atoms with Gasteiger partial charge in [0.1, 0.15) is 5.82 Å². The van der Waals surface area contributed by atoms with Gasteiger partial charge in [0.15, 0.2) is 5.16 Å². The summed E-state index contributed by atoms with van der Waals surface area (Å²) in [7, 11) is -3.97. The smallest absolute Gasteiger partial charge is 0.284 e. The van der Waals surface area contributed by atoms with Gasteiger partial charge >= 0.3 is 0 Å². The van der Waals surface area contributed by atoms with Crippen LogP contribution >= 0.6 is 11.8 Å². The van der Waals surface area contributed by atoms with Crippen LogP contribution in [0.3, 0.4) is 0 Å². The minimum absolute atomic E-state index is 0.0870. The van der Waals surface area contributed by atoms with Gasteiger partial charge < -0.3 is 4.74 Å². The van der Waals surface area contributed by atoms with E-state index in [1.54, 1.807) is 24.3 Å². The second kappa shape index (κ2) is 10.0. The molecule has 190 valence electrons. The minimum Gasteiger partial charge on any atom is -0.379 e. The zero-order valence-corrected chi connectivity index (χ0v) is 20.7. The molecule has 2 heterocycles. The molecule has 0 spiro atoms. The summed E-state index contributed by atoms with van der Waals surface area (Å²) in [4.78, 5) is 29.1. The molecule has 1 aliphatic heterocycles. The Morgan fingerprint density at radius 2 is 1.73 bits per heavy atom. The maximum Gasteiger partial charge on any atom is 0.284 e. The standard InChI is InChI=1S/C24H19FN4O6S2/c25-16-5-7-17(8-6-16)28-23(30)19-3-1-2-4-20(19)26-24(28)36-22-10-9-18(15-21(22)29(31)32)37(33,34)27-11-13-35-14-12-27/h1-10,15H,11-14H2. The molecule has 0 N–H and O–H groups in total. The van der Waals surface area contributed by atoms with E-state index in [0.29, 0.717) is 16.6 Å². The molecule has 1 fully saturated rings. The van der Waals surface area contributed by atoms with Gasteiger partial charge in [0.25, 0.3) is 11.2 Å². The number of nitro groups is 1. The fraction of sp³-hybridized carbons (Fsp3) is 0.167. The number of aromatic nitrogens is 2. The van der Waals surface area contributed by atoms with Gasteiger partial charge in [-0.2, -0.15) is 4.31 Å². The molecular weight excluding hydrogens is 523 g/mol. The number of halogens is 1. The molecule has 3 aromatic carbocycles. The molecule has 13 heteroatoms. The van der Waals surface area contributed by atoms with Crippen molar-refractivity contribution >= 4 is 38.4 Å². The summed E-state index contributed by atoms with van der Waals surface area (Å²) in [5.41, 5.74) is -0.190. The van der Waals surface area contributed by atoms with E-state index >= 15 is 0 Å². The molecule has 0 bridgehead atoms. The largest absolute Gasteiger partial charge is 0.379 e. The molecule has 5 rings (SSSR count). The van der Waals surface area contributed by atoms with Crippen LogP contribution in [-0.2, 0) is 14.8 Å². The molecule has 0 atom stereocenters. The second-order valence-electron chi connectivity index (χ2n) is 8.03. The van der Waals surface area contributed by atoms with Gasteiger partial charge in [-0.1, -0.05) is 12.1 Å². The van der Waals surface area contributed by atoms with Gasteiger partial charge in [0.2, 0.25) is 10.0 Å². The van der Waals surface area contributed by atoms with Gasteiger partial charge in [-0.05, 0) is 60.3 Å². The first kappa shape index (κ1) is 25.0. The van der Waals surface area contributed by atoms with E-state index in [9.17, 15) is 27.7 Å². The minimum atomic E-state index is -3.97. The van der Waals surface area contributed by atoms with Crippen LogP contribution in [0.4, 0.5) is 10.1 Å². The van der Waals surface area contributed by atoms with Crippen molar-refractivity contribution in [2.75, 3.05) is 26.3 Å². The first-order valence-electron chi connectivity index (χ1n) is 11.1. The SMILES string of the molecule is O=c1c2ccccc2nc(Sc2ccc(S(=O)(=O)N3CCOCC3)cc2[N+](=O)[O-])n1-c1ccc(F)cc1. The van der Waals surface area contributed by atoms with E-state index in [2.05, 4.69) is 4.98 Å². The fourth-order valence-electron chi connectivity index (χ4n) is 3.92. The molecule has 1 aromatic heterocycles. The molecular formula is C24H19FN4O6S2. The average Bonchev–Trinajstić information content (AvgIpc) is 2.90. The highest BCUT2D eigenvalue weighted by Gasteiger charge is 2.29. The summed E-state index contributed by atoms with van der Waals surface area (Å²) in [5, 5.41) is 12.4. The third-order valence-electron chi connectivity index (χ3n) is 5.77. The van der Waals surface area contributed by atoms with Crippen LogP contribution in [0.5, 0.6) is 0 Å². The Balaban J connectivity index is 1.63. The van der Waals surface area contributed by atoms with E-state index in [1.807, 2.05) is 0 Å². The van der Waals surface area contributed by atoms with Crippen LogP contribution in [0.15, 0.2) is 86.5 Å². The van der Waals surface area contributed by atoms with Crippen molar-refractivity contribution < 1.29 is 22.5 Å². The highest BCUT2D eigenvalue weighted by molar-refractivity contribution is 7.99. The van der Waals surface area contributed by atoms with Crippen molar-refractivity contribution in [2.45, 2.75) is 14.9 Å². The Morgan fingerprint density at radius 3 is 2.43 bits per heavy atom. The van der Waals surface area contributed by atoms with Crippen molar-refractivity contribution in [1.82, 2.24) is 13.9 Å².